The van der Waals surface area contributed by atoms with Gasteiger partial charge in [-0.15, -0.1) is 0 Å². The van der Waals surface area contributed by atoms with E-state index in [1.54, 1.807) is 13.0 Å². The second-order valence-corrected chi connectivity index (χ2v) is 6.39. The lowest BCUT2D eigenvalue weighted by atomic mass is 10.2. The van der Waals surface area contributed by atoms with Crippen molar-refractivity contribution in [1.29, 1.82) is 5.26 Å². The number of halogens is 1. The Kier molecular flexibility index (Phi) is 5.41. The van der Waals surface area contributed by atoms with Crippen molar-refractivity contribution in [3.8, 4) is 6.07 Å². The summed E-state index contributed by atoms with van der Waals surface area (Å²) in [6.07, 6.45) is 0. The number of rotatable bonds is 6. The minimum atomic E-state index is -3.98. The summed E-state index contributed by atoms with van der Waals surface area (Å²) in [5.74, 6) is -2.80. The Morgan fingerprint density at radius 2 is 2.14 bits per heavy atom. The van der Waals surface area contributed by atoms with Gasteiger partial charge < -0.3 is 5.11 Å². The molecule has 8 heteroatoms. The van der Waals surface area contributed by atoms with Gasteiger partial charge in [-0.3, -0.25) is 4.79 Å². The first-order chi connectivity index (χ1) is 9.73. The topological polar surface area (TPSA) is 98.5 Å². The number of nitriles is 1. The second-order valence-electron chi connectivity index (χ2n) is 4.45. The fourth-order valence-corrected chi connectivity index (χ4v) is 3.25. The third-order valence-corrected chi connectivity index (χ3v) is 4.88. The summed E-state index contributed by atoms with van der Waals surface area (Å²) in [4.78, 5) is 10.6. The van der Waals surface area contributed by atoms with Crippen molar-refractivity contribution in [3.63, 3.8) is 0 Å². The van der Waals surface area contributed by atoms with Gasteiger partial charge in [-0.2, -0.15) is 9.57 Å². The smallest absolute Gasteiger partial charge is 0.307 e. The van der Waals surface area contributed by atoms with Gasteiger partial charge in [0.25, 0.3) is 0 Å². The van der Waals surface area contributed by atoms with Crippen LogP contribution in [0.3, 0.4) is 0 Å². The molecule has 1 aromatic rings. The van der Waals surface area contributed by atoms with E-state index >= 15 is 0 Å². The van der Waals surface area contributed by atoms with Crippen molar-refractivity contribution < 1.29 is 22.7 Å². The maximum absolute atomic E-state index is 13.2. The Hall–Kier alpha value is -1.98. The fourth-order valence-electron chi connectivity index (χ4n) is 1.68. The first-order valence-electron chi connectivity index (χ1n) is 6.16. The molecule has 1 rings (SSSR count). The Labute approximate surface area is 122 Å². The number of benzene rings is 1. The molecule has 0 saturated heterocycles. The number of aliphatic carboxylic acids is 1. The van der Waals surface area contributed by atoms with E-state index in [1.807, 2.05) is 0 Å². The lowest BCUT2D eigenvalue weighted by Gasteiger charge is -2.22. The van der Waals surface area contributed by atoms with Crippen molar-refractivity contribution >= 4 is 16.0 Å². The van der Waals surface area contributed by atoms with Gasteiger partial charge in [0.2, 0.25) is 10.0 Å². The Bertz CT molecular complexity index is 682. The van der Waals surface area contributed by atoms with Crippen LogP contribution >= 0.6 is 0 Å². The highest BCUT2D eigenvalue weighted by Crippen LogP contribution is 2.20. The Morgan fingerprint density at radius 1 is 1.52 bits per heavy atom. The number of sulfonamides is 1. The lowest BCUT2D eigenvalue weighted by Crippen LogP contribution is -2.36. The molecule has 0 aromatic heterocycles. The molecule has 0 spiro atoms. The summed E-state index contributed by atoms with van der Waals surface area (Å²) in [6, 6.07) is 4.47. The molecule has 114 valence electrons. The van der Waals surface area contributed by atoms with Crippen molar-refractivity contribution in [3.05, 3.63) is 29.6 Å². The molecule has 21 heavy (non-hydrogen) atoms. The predicted octanol–water partition coefficient (Wildman–Crippen LogP) is 1.43. The van der Waals surface area contributed by atoms with Crippen LogP contribution in [0.2, 0.25) is 0 Å². The van der Waals surface area contributed by atoms with Crippen LogP contribution < -0.4 is 0 Å². The molecule has 0 heterocycles. The standard InChI is InChI=1S/C13H15FN2O4S/c1-3-16(8-9(2)13(17)18)21(19,20)11-4-5-12(14)10(6-11)7-15/h4-6,9H,3,8H2,1-2H3,(H,17,18). The van der Waals surface area contributed by atoms with E-state index in [2.05, 4.69) is 0 Å². The average molecular weight is 314 g/mol. The van der Waals surface area contributed by atoms with Crippen LogP contribution in [-0.2, 0) is 14.8 Å². The predicted molar refractivity (Wildman–Crippen MR) is 72.3 cm³/mol. The summed E-state index contributed by atoms with van der Waals surface area (Å²) in [6.45, 7) is 2.83. The molecule has 1 aromatic carbocycles. The highest BCUT2D eigenvalue weighted by molar-refractivity contribution is 7.89. The molecule has 0 aliphatic carbocycles. The Morgan fingerprint density at radius 3 is 2.62 bits per heavy atom. The van der Waals surface area contributed by atoms with Crippen molar-refractivity contribution in [1.82, 2.24) is 4.31 Å². The molecular formula is C13H15FN2O4S. The first-order valence-corrected chi connectivity index (χ1v) is 7.60. The molecule has 0 radical (unpaired) electrons. The van der Waals surface area contributed by atoms with E-state index in [0.29, 0.717) is 0 Å². The zero-order valence-electron chi connectivity index (χ0n) is 11.6. The maximum Gasteiger partial charge on any atom is 0.307 e. The van der Waals surface area contributed by atoms with Crippen molar-refractivity contribution in [2.45, 2.75) is 18.7 Å². The van der Waals surface area contributed by atoms with Gasteiger partial charge in [0.15, 0.2) is 0 Å². The fraction of sp³-hybridized carbons (Fsp3) is 0.385. The van der Waals surface area contributed by atoms with Crippen LogP contribution in [-0.4, -0.2) is 36.9 Å². The molecule has 1 atom stereocenters. The minimum absolute atomic E-state index is 0.0687. The molecule has 6 nitrogen and oxygen atoms in total. The summed E-state index contributed by atoms with van der Waals surface area (Å²) in [5.41, 5.74) is -0.376. The van der Waals surface area contributed by atoms with Crippen LogP contribution in [0.5, 0.6) is 0 Å². The van der Waals surface area contributed by atoms with Crippen LogP contribution in [0.15, 0.2) is 23.1 Å². The highest BCUT2D eigenvalue weighted by atomic mass is 32.2. The van der Waals surface area contributed by atoms with Gasteiger partial charge in [-0.1, -0.05) is 13.8 Å². The third kappa shape index (κ3) is 3.77. The highest BCUT2D eigenvalue weighted by Gasteiger charge is 2.27. The third-order valence-electron chi connectivity index (χ3n) is 2.95. The van der Waals surface area contributed by atoms with Crippen LogP contribution in [0.25, 0.3) is 0 Å². The number of carbonyl (C=O) groups is 1. The zero-order valence-corrected chi connectivity index (χ0v) is 12.4. The molecular weight excluding hydrogens is 299 g/mol. The van der Waals surface area contributed by atoms with E-state index < -0.39 is 27.7 Å². The number of hydrogen-bond donors (Lipinski definition) is 1. The number of nitrogens with zero attached hydrogens (tertiary/aromatic N) is 2. The van der Waals surface area contributed by atoms with Gasteiger partial charge in [-0.25, -0.2) is 12.8 Å². The number of carboxylic acid groups (broad SMARTS) is 1. The number of hydrogen-bond acceptors (Lipinski definition) is 4. The first kappa shape index (κ1) is 17.1. The zero-order chi connectivity index (χ0) is 16.2. The van der Waals surface area contributed by atoms with E-state index in [0.717, 1.165) is 22.5 Å². The average Bonchev–Trinajstić information content (AvgIpc) is 2.44. The van der Waals surface area contributed by atoms with Crippen LogP contribution in [0.1, 0.15) is 19.4 Å². The molecule has 0 fully saturated rings. The molecule has 1 N–H and O–H groups in total. The molecule has 0 aliphatic heterocycles. The van der Waals surface area contributed by atoms with E-state index in [4.69, 9.17) is 10.4 Å². The molecule has 0 saturated carbocycles. The van der Waals surface area contributed by atoms with Gasteiger partial charge >= 0.3 is 5.97 Å². The lowest BCUT2D eigenvalue weighted by molar-refractivity contribution is -0.141. The van der Waals surface area contributed by atoms with Crippen molar-refractivity contribution in [2.75, 3.05) is 13.1 Å². The second kappa shape index (κ2) is 6.65. The summed E-state index contributed by atoms with van der Waals surface area (Å²) in [5, 5.41) is 17.6. The number of carboxylic acids is 1. The normalized spacial score (nSPS) is 12.9. The SMILES string of the molecule is CCN(CC(C)C(=O)O)S(=O)(=O)c1ccc(F)c(C#N)c1. The molecule has 0 bridgehead atoms. The summed E-state index contributed by atoms with van der Waals surface area (Å²) in [7, 11) is -3.98. The molecule has 1 unspecified atom stereocenters. The van der Waals surface area contributed by atoms with Crippen LogP contribution in [0.4, 0.5) is 4.39 Å². The van der Waals surface area contributed by atoms with Crippen molar-refractivity contribution in [2.24, 2.45) is 5.92 Å². The summed E-state index contributed by atoms with van der Waals surface area (Å²) < 4.78 is 39.0. The van der Waals surface area contributed by atoms with Gasteiger partial charge in [0.1, 0.15) is 11.9 Å². The van der Waals surface area contributed by atoms with Gasteiger partial charge in [0, 0.05) is 13.1 Å². The van der Waals surface area contributed by atoms with E-state index in [9.17, 15) is 17.6 Å². The maximum atomic E-state index is 13.2. The molecule has 0 amide bonds. The van der Waals surface area contributed by atoms with Gasteiger partial charge in [0.05, 0.1) is 16.4 Å². The Balaban J connectivity index is 3.19. The van der Waals surface area contributed by atoms with Crippen LogP contribution in [0, 0.1) is 23.1 Å². The van der Waals surface area contributed by atoms with Gasteiger partial charge in [-0.05, 0) is 18.2 Å². The molecule has 0 aliphatic rings. The van der Waals surface area contributed by atoms with E-state index in [1.165, 1.54) is 6.92 Å². The minimum Gasteiger partial charge on any atom is -0.481 e. The summed E-state index contributed by atoms with van der Waals surface area (Å²) >= 11 is 0. The largest absolute Gasteiger partial charge is 0.481 e. The van der Waals surface area contributed by atoms with E-state index in [-0.39, 0.29) is 23.5 Å². The monoisotopic (exact) mass is 314 g/mol. The quantitative estimate of drug-likeness (QED) is 0.856.